The molecule has 0 aliphatic heterocycles. The summed E-state index contributed by atoms with van der Waals surface area (Å²) >= 11 is 0. The first kappa shape index (κ1) is 10.2. The van der Waals surface area contributed by atoms with Crippen LogP contribution >= 0.6 is 0 Å². The van der Waals surface area contributed by atoms with E-state index < -0.39 is 4.92 Å². The number of hydrogen-bond acceptors (Lipinski definition) is 3. The van der Waals surface area contributed by atoms with Crippen LogP contribution in [0.1, 0.15) is 5.56 Å². The molecule has 0 amide bonds. The summed E-state index contributed by atoms with van der Waals surface area (Å²) in [5.74, 6) is -0.209. The Bertz CT molecular complexity index is 507. The third-order valence-corrected chi connectivity index (χ3v) is 2.22. The minimum Gasteiger partial charge on any atom is -0.580 e. The van der Waals surface area contributed by atoms with E-state index in [2.05, 4.69) is 0 Å². The van der Waals surface area contributed by atoms with Gasteiger partial charge >= 0.3 is 5.82 Å². The molecule has 16 heavy (non-hydrogen) atoms. The standard InChI is InChI=1S/C10H9N3O3/c14-12-7-6-10(13(15)16)11(12)8-9-4-2-1-3-5-9/h1-7H,8H2. The van der Waals surface area contributed by atoms with Crippen LogP contribution in [0.5, 0.6) is 0 Å². The minimum absolute atomic E-state index is 0.188. The quantitative estimate of drug-likeness (QED) is 0.335. The van der Waals surface area contributed by atoms with Crippen LogP contribution in [0.3, 0.4) is 0 Å². The van der Waals surface area contributed by atoms with Crippen molar-refractivity contribution in [1.82, 2.24) is 4.68 Å². The van der Waals surface area contributed by atoms with Crippen LogP contribution in [0.25, 0.3) is 0 Å². The Hall–Kier alpha value is -2.37. The average molecular weight is 219 g/mol. The zero-order chi connectivity index (χ0) is 11.5. The number of aromatic nitrogens is 2. The number of hydrogen-bond donors (Lipinski definition) is 0. The SMILES string of the molecule is O=[N+]([O-])c1cc[n+]([O-])n1Cc1ccccc1. The van der Waals surface area contributed by atoms with Crippen molar-refractivity contribution in [3.05, 3.63) is 63.5 Å². The lowest BCUT2D eigenvalue weighted by Gasteiger charge is -2.00. The van der Waals surface area contributed by atoms with Gasteiger partial charge in [-0.15, -0.1) is 0 Å². The number of benzene rings is 1. The van der Waals surface area contributed by atoms with Crippen LogP contribution in [0.15, 0.2) is 42.6 Å². The predicted octanol–water partition coefficient (Wildman–Crippen LogP) is 1.08. The van der Waals surface area contributed by atoms with E-state index in [0.717, 1.165) is 16.4 Å². The molecule has 0 bridgehead atoms. The van der Waals surface area contributed by atoms with Crippen molar-refractivity contribution in [3.63, 3.8) is 0 Å². The van der Waals surface area contributed by atoms with Crippen molar-refractivity contribution in [3.8, 4) is 0 Å². The summed E-state index contributed by atoms with van der Waals surface area (Å²) in [6, 6.07) is 10.3. The van der Waals surface area contributed by atoms with E-state index >= 15 is 0 Å². The molecule has 0 fully saturated rings. The van der Waals surface area contributed by atoms with E-state index in [-0.39, 0.29) is 12.4 Å². The summed E-state index contributed by atoms with van der Waals surface area (Å²) in [6.45, 7) is 0.188. The van der Waals surface area contributed by atoms with Gasteiger partial charge in [0.1, 0.15) is 6.07 Å². The Morgan fingerprint density at radius 3 is 2.56 bits per heavy atom. The van der Waals surface area contributed by atoms with Gasteiger partial charge < -0.3 is 15.3 Å². The highest BCUT2D eigenvalue weighted by atomic mass is 16.6. The van der Waals surface area contributed by atoms with Gasteiger partial charge in [0.2, 0.25) is 6.20 Å². The fraction of sp³-hybridized carbons (Fsp3) is 0.100. The lowest BCUT2D eigenvalue weighted by atomic mass is 10.2. The predicted molar refractivity (Wildman–Crippen MR) is 55.6 cm³/mol. The van der Waals surface area contributed by atoms with Crippen LogP contribution in [-0.2, 0) is 6.54 Å². The fourth-order valence-electron chi connectivity index (χ4n) is 1.46. The second kappa shape index (κ2) is 4.01. The molecular weight excluding hydrogens is 210 g/mol. The molecule has 6 heteroatoms. The van der Waals surface area contributed by atoms with Gasteiger partial charge in [-0.1, -0.05) is 30.3 Å². The molecule has 0 aliphatic rings. The maximum absolute atomic E-state index is 11.3. The molecule has 0 saturated heterocycles. The van der Waals surface area contributed by atoms with Crippen LogP contribution in [0.2, 0.25) is 0 Å². The molecule has 0 spiro atoms. The highest BCUT2D eigenvalue weighted by Gasteiger charge is 2.21. The van der Waals surface area contributed by atoms with Gasteiger partial charge in [-0.3, -0.25) is 0 Å². The maximum atomic E-state index is 11.3. The van der Waals surface area contributed by atoms with Crippen LogP contribution in [0.4, 0.5) is 5.82 Å². The number of nitrogens with zero attached hydrogens (tertiary/aromatic N) is 3. The Morgan fingerprint density at radius 2 is 1.94 bits per heavy atom. The van der Waals surface area contributed by atoms with Crippen molar-refractivity contribution in [2.45, 2.75) is 6.54 Å². The summed E-state index contributed by atoms with van der Waals surface area (Å²) in [4.78, 5) is 10.5. The number of rotatable bonds is 3. The minimum atomic E-state index is -0.572. The van der Waals surface area contributed by atoms with Crippen LogP contribution in [0, 0.1) is 15.3 Å². The normalized spacial score (nSPS) is 10.2. The zero-order valence-electron chi connectivity index (χ0n) is 8.31. The van der Waals surface area contributed by atoms with Crippen LogP contribution in [-0.4, -0.2) is 9.61 Å². The van der Waals surface area contributed by atoms with Gasteiger partial charge in [0.25, 0.3) is 0 Å². The van der Waals surface area contributed by atoms with Gasteiger partial charge in [-0.25, -0.2) is 0 Å². The highest BCUT2D eigenvalue weighted by Crippen LogP contribution is 2.10. The van der Waals surface area contributed by atoms with E-state index in [9.17, 15) is 15.3 Å². The Labute approximate surface area is 91.1 Å². The lowest BCUT2D eigenvalue weighted by Crippen LogP contribution is -2.37. The van der Waals surface area contributed by atoms with Crippen molar-refractivity contribution in [2.75, 3.05) is 0 Å². The monoisotopic (exact) mass is 219 g/mol. The van der Waals surface area contributed by atoms with Gasteiger partial charge in [0.05, 0.1) is 0 Å². The largest absolute Gasteiger partial charge is 0.580 e. The van der Waals surface area contributed by atoms with Crippen molar-refractivity contribution >= 4 is 5.82 Å². The number of nitro groups is 1. The molecule has 0 N–H and O–H groups in total. The molecule has 0 saturated carbocycles. The molecule has 0 radical (unpaired) electrons. The summed E-state index contributed by atoms with van der Waals surface area (Å²) in [6.07, 6.45) is 1.13. The first-order valence-corrected chi connectivity index (χ1v) is 4.66. The molecule has 1 heterocycles. The smallest absolute Gasteiger partial charge is 0.384 e. The van der Waals surface area contributed by atoms with Gasteiger partial charge in [-0.05, 0) is 15.3 Å². The van der Waals surface area contributed by atoms with Gasteiger partial charge in [0, 0.05) is 4.68 Å². The van der Waals surface area contributed by atoms with Crippen molar-refractivity contribution < 1.29 is 9.77 Å². The van der Waals surface area contributed by atoms with E-state index in [1.54, 1.807) is 0 Å². The molecule has 0 aliphatic carbocycles. The Balaban J connectivity index is 2.34. The lowest BCUT2D eigenvalue weighted by molar-refractivity contribution is -0.697. The van der Waals surface area contributed by atoms with Crippen LogP contribution < -0.4 is 4.85 Å². The zero-order valence-corrected chi connectivity index (χ0v) is 8.31. The average Bonchev–Trinajstić information content (AvgIpc) is 2.62. The van der Waals surface area contributed by atoms with Gasteiger partial charge in [0.15, 0.2) is 6.54 Å². The van der Waals surface area contributed by atoms with Gasteiger partial charge in [-0.2, -0.15) is 0 Å². The second-order valence-corrected chi connectivity index (χ2v) is 3.28. The molecule has 82 valence electrons. The Morgan fingerprint density at radius 1 is 1.25 bits per heavy atom. The molecule has 0 unspecified atom stereocenters. The highest BCUT2D eigenvalue weighted by molar-refractivity contribution is 5.19. The van der Waals surface area contributed by atoms with Crippen molar-refractivity contribution in [2.24, 2.45) is 0 Å². The van der Waals surface area contributed by atoms with E-state index in [1.807, 2.05) is 30.3 Å². The Kier molecular flexibility index (Phi) is 2.55. The molecule has 1 aromatic carbocycles. The third kappa shape index (κ3) is 1.85. The summed E-state index contributed by atoms with van der Waals surface area (Å²) in [7, 11) is 0. The topological polar surface area (TPSA) is 75.0 Å². The molecule has 0 atom stereocenters. The summed E-state index contributed by atoms with van der Waals surface area (Å²) in [5.41, 5.74) is 0.839. The molecule has 1 aromatic heterocycles. The first-order valence-electron chi connectivity index (χ1n) is 4.66. The molecule has 2 aromatic rings. The summed E-state index contributed by atoms with van der Waals surface area (Å²) < 4.78 is 1.06. The molecular formula is C10H9N3O3. The van der Waals surface area contributed by atoms with Crippen molar-refractivity contribution in [1.29, 1.82) is 0 Å². The molecule has 2 rings (SSSR count). The fourth-order valence-corrected chi connectivity index (χ4v) is 1.46. The van der Waals surface area contributed by atoms with E-state index in [1.165, 1.54) is 6.07 Å². The summed E-state index contributed by atoms with van der Waals surface area (Å²) in [5, 5.41) is 22.0. The van der Waals surface area contributed by atoms with E-state index in [4.69, 9.17) is 0 Å². The third-order valence-electron chi connectivity index (χ3n) is 2.22. The van der Waals surface area contributed by atoms with E-state index in [0.29, 0.717) is 4.85 Å². The maximum Gasteiger partial charge on any atom is 0.384 e. The first-order chi connectivity index (χ1) is 7.68. The molecule has 6 nitrogen and oxygen atoms in total. The second-order valence-electron chi connectivity index (χ2n) is 3.28.